The Labute approximate surface area is 173 Å². The van der Waals surface area contributed by atoms with Gasteiger partial charge in [-0.05, 0) is 32.4 Å². The number of hydrogen-bond acceptors (Lipinski definition) is 4. The Bertz CT molecular complexity index is 514. The van der Waals surface area contributed by atoms with Crippen LogP contribution < -0.4 is 5.32 Å². The molecule has 0 heterocycles. The second-order valence-electron chi connectivity index (χ2n) is 7.45. The van der Waals surface area contributed by atoms with E-state index in [9.17, 15) is 4.57 Å². The van der Waals surface area contributed by atoms with E-state index in [2.05, 4.69) is 24.4 Å². The SMILES string of the molecule is CCCCCCCCCCCC(CP(=O)(OCC)OCC)Nc1ccccc1. The highest BCUT2D eigenvalue weighted by Gasteiger charge is 2.28. The number of nitrogens with one attached hydrogen (secondary N) is 1. The zero-order valence-corrected chi connectivity index (χ0v) is 19.2. The van der Waals surface area contributed by atoms with Crippen LogP contribution in [0.5, 0.6) is 0 Å². The highest BCUT2D eigenvalue weighted by molar-refractivity contribution is 7.53. The molecule has 0 radical (unpaired) electrons. The summed E-state index contributed by atoms with van der Waals surface area (Å²) in [6.45, 7) is 6.81. The fourth-order valence-electron chi connectivity index (χ4n) is 3.49. The molecule has 0 fully saturated rings. The summed E-state index contributed by atoms with van der Waals surface area (Å²) in [5.74, 6) is 0. The van der Waals surface area contributed by atoms with Crippen molar-refractivity contribution >= 4 is 13.3 Å². The Morgan fingerprint density at radius 2 is 1.36 bits per heavy atom. The molecule has 162 valence electrons. The number of anilines is 1. The Kier molecular flexibility index (Phi) is 14.4. The van der Waals surface area contributed by atoms with Crippen molar-refractivity contribution in [2.45, 2.75) is 91.0 Å². The van der Waals surface area contributed by atoms with E-state index in [-0.39, 0.29) is 6.04 Å². The Morgan fingerprint density at radius 1 is 0.821 bits per heavy atom. The standard InChI is InChI=1S/C23H42NO3P/c1-4-7-8-9-10-11-12-13-15-20-23(24-22-18-16-14-17-19-22)21-28(25,26-5-2)27-6-3/h14,16-19,23-24H,4-13,15,20-21H2,1-3H3. The predicted molar refractivity (Wildman–Crippen MR) is 121 cm³/mol. The normalized spacial score (nSPS) is 12.8. The van der Waals surface area contributed by atoms with Crippen LogP contribution in [0, 0.1) is 0 Å². The number of para-hydroxylation sites is 1. The van der Waals surface area contributed by atoms with Gasteiger partial charge in [0.1, 0.15) is 0 Å². The molecular formula is C23H42NO3P. The van der Waals surface area contributed by atoms with Crippen molar-refractivity contribution in [3.05, 3.63) is 30.3 Å². The fourth-order valence-corrected chi connectivity index (χ4v) is 5.37. The number of hydrogen-bond donors (Lipinski definition) is 1. The molecule has 1 rings (SSSR count). The van der Waals surface area contributed by atoms with Crippen LogP contribution >= 0.6 is 7.60 Å². The van der Waals surface area contributed by atoms with E-state index in [0.717, 1.165) is 18.5 Å². The van der Waals surface area contributed by atoms with Crippen molar-refractivity contribution < 1.29 is 13.6 Å². The van der Waals surface area contributed by atoms with E-state index in [1.165, 1.54) is 51.4 Å². The smallest absolute Gasteiger partial charge is 0.332 e. The zero-order valence-electron chi connectivity index (χ0n) is 18.3. The van der Waals surface area contributed by atoms with Gasteiger partial charge in [-0.2, -0.15) is 0 Å². The summed E-state index contributed by atoms with van der Waals surface area (Å²) in [6.07, 6.45) is 13.2. The van der Waals surface area contributed by atoms with Gasteiger partial charge in [-0.1, -0.05) is 82.9 Å². The zero-order chi connectivity index (χ0) is 20.5. The lowest BCUT2D eigenvalue weighted by Crippen LogP contribution is -2.25. The first kappa shape index (κ1) is 25.2. The van der Waals surface area contributed by atoms with E-state index in [4.69, 9.17) is 9.05 Å². The molecule has 1 aromatic rings. The van der Waals surface area contributed by atoms with E-state index >= 15 is 0 Å². The van der Waals surface area contributed by atoms with Crippen LogP contribution in [0.25, 0.3) is 0 Å². The molecule has 0 aliphatic heterocycles. The van der Waals surface area contributed by atoms with Gasteiger partial charge in [0.2, 0.25) is 0 Å². The highest BCUT2D eigenvalue weighted by Crippen LogP contribution is 2.49. The molecule has 0 amide bonds. The third-order valence-electron chi connectivity index (χ3n) is 4.90. The van der Waals surface area contributed by atoms with Crippen LogP contribution in [0.2, 0.25) is 0 Å². The monoisotopic (exact) mass is 411 g/mol. The molecule has 1 atom stereocenters. The molecule has 0 bridgehead atoms. The van der Waals surface area contributed by atoms with Crippen molar-refractivity contribution in [2.24, 2.45) is 0 Å². The molecule has 1 N–H and O–H groups in total. The highest BCUT2D eigenvalue weighted by atomic mass is 31.2. The lowest BCUT2D eigenvalue weighted by Gasteiger charge is -2.25. The van der Waals surface area contributed by atoms with E-state index in [1.807, 2.05) is 32.0 Å². The average molecular weight is 412 g/mol. The van der Waals surface area contributed by atoms with Crippen molar-refractivity contribution in [3.8, 4) is 0 Å². The molecule has 0 aromatic heterocycles. The van der Waals surface area contributed by atoms with Gasteiger partial charge in [-0.3, -0.25) is 4.57 Å². The second-order valence-corrected chi connectivity index (χ2v) is 9.56. The van der Waals surface area contributed by atoms with Crippen molar-refractivity contribution in [1.82, 2.24) is 0 Å². The summed E-state index contributed by atoms with van der Waals surface area (Å²) in [6, 6.07) is 10.2. The lowest BCUT2D eigenvalue weighted by atomic mass is 10.0. The van der Waals surface area contributed by atoms with Crippen LogP contribution in [-0.4, -0.2) is 25.4 Å². The van der Waals surface area contributed by atoms with Crippen LogP contribution in [0.15, 0.2) is 30.3 Å². The third-order valence-corrected chi connectivity index (χ3v) is 7.09. The van der Waals surface area contributed by atoms with Crippen LogP contribution in [0.4, 0.5) is 5.69 Å². The average Bonchev–Trinajstić information content (AvgIpc) is 2.67. The summed E-state index contributed by atoms with van der Waals surface area (Å²) in [5, 5.41) is 3.54. The lowest BCUT2D eigenvalue weighted by molar-refractivity contribution is 0.218. The van der Waals surface area contributed by atoms with Gasteiger partial charge in [-0.15, -0.1) is 0 Å². The van der Waals surface area contributed by atoms with E-state index in [1.54, 1.807) is 0 Å². The minimum Gasteiger partial charge on any atom is -0.382 e. The van der Waals surface area contributed by atoms with Gasteiger partial charge in [-0.25, -0.2) is 0 Å². The van der Waals surface area contributed by atoms with E-state index < -0.39 is 7.60 Å². The summed E-state index contributed by atoms with van der Waals surface area (Å²) in [5.41, 5.74) is 1.06. The number of benzene rings is 1. The summed E-state index contributed by atoms with van der Waals surface area (Å²) in [4.78, 5) is 0. The van der Waals surface area contributed by atoms with Crippen molar-refractivity contribution in [3.63, 3.8) is 0 Å². The number of rotatable bonds is 18. The van der Waals surface area contributed by atoms with Gasteiger partial charge in [0, 0.05) is 11.7 Å². The molecule has 1 unspecified atom stereocenters. The van der Waals surface area contributed by atoms with Gasteiger partial charge in [0.05, 0.1) is 19.4 Å². The Morgan fingerprint density at radius 3 is 1.89 bits per heavy atom. The molecular weight excluding hydrogens is 369 g/mol. The van der Waals surface area contributed by atoms with Crippen molar-refractivity contribution in [1.29, 1.82) is 0 Å². The molecule has 0 saturated carbocycles. The molecule has 4 nitrogen and oxygen atoms in total. The summed E-state index contributed by atoms with van der Waals surface area (Å²) in [7, 11) is -3.05. The molecule has 0 aliphatic carbocycles. The quantitative estimate of drug-likeness (QED) is 0.199. The molecule has 5 heteroatoms. The second kappa shape index (κ2) is 16.0. The van der Waals surface area contributed by atoms with Crippen LogP contribution in [-0.2, 0) is 13.6 Å². The molecule has 0 spiro atoms. The van der Waals surface area contributed by atoms with Gasteiger partial charge in [0.15, 0.2) is 0 Å². The van der Waals surface area contributed by atoms with Crippen LogP contribution in [0.3, 0.4) is 0 Å². The first-order valence-corrected chi connectivity index (χ1v) is 13.1. The minimum atomic E-state index is -3.05. The van der Waals surface area contributed by atoms with E-state index in [0.29, 0.717) is 19.4 Å². The summed E-state index contributed by atoms with van der Waals surface area (Å²) < 4.78 is 24.0. The molecule has 1 aromatic carbocycles. The van der Waals surface area contributed by atoms with Gasteiger partial charge < -0.3 is 14.4 Å². The first-order valence-electron chi connectivity index (χ1n) is 11.3. The van der Waals surface area contributed by atoms with Gasteiger partial charge in [0.25, 0.3) is 0 Å². The fraction of sp³-hybridized carbons (Fsp3) is 0.739. The Hall–Kier alpha value is -0.830. The minimum absolute atomic E-state index is 0.0934. The predicted octanol–water partition coefficient (Wildman–Crippen LogP) is 7.65. The molecule has 0 saturated heterocycles. The maximum Gasteiger partial charge on any atom is 0.332 e. The van der Waals surface area contributed by atoms with Gasteiger partial charge >= 0.3 is 7.60 Å². The van der Waals surface area contributed by atoms with Crippen LogP contribution in [0.1, 0.15) is 85.0 Å². The topological polar surface area (TPSA) is 47.6 Å². The molecule has 0 aliphatic rings. The first-order chi connectivity index (χ1) is 13.6. The summed E-state index contributed by atoms with van der Waals surface area (Å²) >= 11 is 0. The Balaban J connectivity index is 2.46. The molecule has 28 heavy (non-hydrogen) atoms. The van der Waals surface area contributed by atoms with Crippen molar-refractivity contribution in [2.75, 3.05) is 24.7 Å². The largest absolute Gasteiger partial charge is 0.382 e. The number of unbranched alkanes of at least 4 members (excludes halogenated alkanes) is 8. The maximum absolute atomic E-state index is 13.0. The maximum atomic E-state index is 13.0. The third kappa shape index (κ3) is 11.9.